The lowest BCUT2D eigenvalue weighted by molar-refractivity contribution is -0.383. The van der Waals surface area contributed by atoms with Crippen LogP contribution in [-0.4, -0.2) is 10.8 Å². The second-order valence-corrected chi connectivity index (χ2v) is 5.51. The highest BCUT2D eigenvalue weighted by atomic mass is 35.5. The van der Waals surface area contributed by atoms with Gasteiger partial charge in [-0.15, -0.1) is 0 Å². The van der Waals surface area contributed by atoms with Gasteiger partial charge in [-0.05, 0) is 24.3 Å². The first-order valence-electron chi connectivity index (χ1n) is 6.79. The van der Waals surface area contributed by atoms with Crippen LogP contribution in [0, 0.1) is 21.4 Å². The monoisotopic (exact) mass is 376 g/mol. The van der Waals surface area contributed by atoms with E-state index in [2.05, 4.69) is 10.6 Å². The van der Waals surface area contributed by atoms with Crippen molar-refractivity contribution in [3.63, 3.8) is 0 Å². The Bertz CT molecular complexity index is 906. The fraction of sp³-hybridized carbons (Fsp3) is 0. The van der Waals surface area contributed by atoms with E-state index in [0.717, 1.165) is 6.20 Å². The van der Waals surface area contributed by atoms with E-state index in [4.69, 9.17) is 28.5 Å². The average Bonchev–Trinajstić information content (AvgIpc) is 2.59. The molecule has 126 valence electrons. The highest BCUT2D eigenvalue weighted by Gasteiger charge is 2.14. The number of halogens is 2. The van der Waals surface area contributed by atoms with Crippen molar-refractivity contribution in [1.82, 2.24) is 0 Å². The van der Waals surface area contributed by atoms with E-state index in [0.29, 0.717) is 5.02 Å². The van der Waals surface area contributed by atoms with Crippen molar-refractivity contribution < 1.29 is 9.72 Å². The van der Waals surface area contributed by atoms with Crippen molar-refractivity contribution in [3.05, 3.63) is 74.4 Å². The summed E-state index contributed by atoms with van der Waals surface area (Å²) in [7, 11) is 0. The zero-order chi connectivity index (χ0) is 18.4. The van der Waals surface area contributed by atoms with E-state index in [1.807, 2.05) is 0 Å². The van der Waals surface area contributed by atoms with Crippen molar-refractivity contribution in [1.29, 1.82) is 5.26 Å². The van der Waals surface area contributed by atoms with Crippen LogP contribution in [0.1, 0.15) is 0 Å². The number of nitrogens with zero attached hydrogens (tertiary/aromatic N) is 2. The van der Waals surface area contributed by atoms with Crippen LogP contribution in [0.5, 0.6) is 0 Å². The molecule has 2 aromatic rings. The first kappa shape index (κ1) is 18.3. The molecule has 0 fully saturated rings. The van der Waals surface area contributed by atoms with Crippen LogP contribution >= 0.6 is 23.2 Å². The smallest absolute Gasteiger partial charge is 0.292 e. The van der Waals surface area contributed by atoms with Crippen molar-refractivity contribution >= 4 is 46.2 Å². The second-order valence-electron chi connectivity index (χ2n) is 4.67. The minimum Gasteiger partial charge on any atom is -0.355 e. The number of hydrogen-bond donors (Lipinski definition) is 2. The van der Waals surface area contributed by atoms with E-state index in [-0.39, 0.29) is 27.7 Å². The molecule has 0 aromatic heterocycles. The van der Waals surface area contributed by atoms with Crippen molar-refractivity contribution in [2.45, 2.75) is 0 Å². The number of rotatable bonds is 5. The van der Waals surface area contributed by atoms with Crippen LogP contribution in [0.2, 0.25) is 10.0 Å². The minimum absolute atomic E-state index is 0.147. The Labute approximate surface area is 152 Å². The molecule has 2 aromatic carbocycles. The maximum absolute atomic E-state index is 12.2. The van der Waals surface area contributed by atoms with Gasteiger partial charge in [0, 0.05) is 17.3 Å². The summed E-state index contributed by atoms with van der Waals surface area (Å²) in [5.41, 5.74) is -0.0941. The largest absolute Gasteiger partial charge is 0.355 e. The zero-order valence-corrected chi connectivity index (χ0v) is 14.0. The molecule has 0 atom stereocenters. The molecule has 0 aliphatic heterocycles. The summed E-state index contributed by atoms with van der Waals surface area (Å²) in [5.74, 6) is -0.738. The van der Waals surface area contributed by atoms with E-state index in [1.54, 1.807) is 18.2 Å². The molecule has 2 N–H and O–H groups in total. The summed E-state index contributed by atoms with van der Waals surface area (Å²) in [6.45, 7) is 0. The number of para-hydroxylation sites is 2. The lowest BCUT2D eigenvalue weighted by Crippen LogP contribution is -2.15. The third-order valence-corrected chi connectivity index (χ3v) is 3.58. The summed E-state index contributed by atoms with van der Waals surface area (Å²) < 4.78 is 0. The van der Waals surface area contributed by atoms with E-state index >= 15 is 0 Å². The second kappa shape index (κ2) is 8.15. The fourth-order valence-electron chi connectivity index (χ4n) is 1.84. The molecule has 1 amide bonds. The van der Waals surface area contributed by atoms with Gasteiger partial charge < -0.3 is 10.6 Å². The molecule has 2 rings (SSSR count). The number of nitro groups is 1. The fourth-order valence-corrected chi connectivity index (χ4v) is 2.17. The van der Waals surface area contributed by atoms with Crippen molar-refractivity contribution in [2.75, 3.05) is 10.6 Å². The molecule has 0 saturated carbocycles. The summed E-state index contributed by atoms with van der Waals surface area (Å²) in [5, 5.41) is 25.8. The Morgan fingerprint density at radius 1 is 1.20 bits per heavy atom. The number of amides is 1. The van der Waals surface area contributed by atoms with Crippen LogP contribution in [0.25, 0.3) is 0 Å². The van der Waals surface area contributed by atoms with Crippen LogP contribution in [0.15, 0.2) is 54.2 Å². The molecule has 0 radical (unpaired) electrons. The predicted molar refractivity (Wildman–Crippen MR) is 95.5 cm³/mol. The van der Waals surface area contributed by atoms with Gasteiger partial charge in [0.15, 0.2) is 0 Å². The molecule has 0 unspecified atom stereocenters. The molecule has 0 aliphatic carbocycles. The molecule has 0 bridgehead atoms. The maximum atomic E-state index is 12.2. The quantitative estimate of drug-likeness (QED) is 0.348. The van der Waals surface area contributed by atoms with Crippen LogP contribution in [-0.2, 0) is 4.79 Å². The maximum Gasteiger partial charge on any atom is 0.292 e. The predicted octanol–water partition coefficient (Wildman–Crippen LogP) is 4.36. The van der Waals surface area contributed by atoms with Crippen molar-refractivity contribution in [2.24, 2.45) is 0 Å². The van der Waals surface area contributed by atoms with Gasteiger partial charge >= 0.3 is 0 Å². The van der Waals surface area contributed by atoms with Gasteiger partial charge in [-0.25, -0.2) is 0 Å². The van der Waals surface area contributed by atoms with Gasteiger partial charge in [-0.2, -0.15) is 5.26 Å². The topological polar surface area (TPSA) is 108 Å². The summed E-state index contributed by atoms with van der Waals surface area (Å²) in [6, 6.07) is 12.0. The summed E-state index contributed by atoms with van der Waals surface area (Å²) >= 11 is 11.8. The molecular formula is C16H10Cl2N4O3. The number of nitro benzene ring substituents is 1. The van der Waals surface area contributed by atoms with Crippen molar-refractivity contribution in [3.8, 4) is 6.07 Å². The van der Waals surface area contributed by atoms with Crippen LogP contribution in [0.3, 0.4) is 0 Å². The molecule has 0 spiro atoms. The van der Waals surface area contributed by atoms with Crippen LogP contribution < -0.4 is 10.6 Å². The number of carbonyl (C=O) groups excluding carboxylic acids is 1. The number of nitriles is 1. The molecule has 9 heteroatoms. The van der Waals surface area contributed by atoms with Gasteiger partial charge in [-0.1, -0.05) is 35.3 Å². The van der Waals surface area contributed by atoms with E-state index in [9.17, 15) is 14.9 Å². The molecule has 0 heterocycles. The Balaban J connectivity index is 2.20. The summed E-state index contributed by atoms with van der Waals surface area (Å²) in [4.78, 5) is 22.5. The number of benzene rings is 2. The number of carbonyl (C=O) groups is 1. The SMILES string of the molecule is N#C/C(=C/Nc1ccccc1[N+](=O)[O-])C(=O)Nc1cc(Cl)ccc1Cl. The molecule has 25 heavy (non-hydrogen) atoms. The number of anilines is 2. The first-order valence-corrected chi connectivity index (χ1v) is 7.54. The van der Waals surface area contributed by atoms with E-state index < -0.39 is 10.8 Å². The van der Waals surface area contributed by atoms with Crippen LogP contribution in [0.4, 0.5) is 17.1 Å². The van der Waals surface area contributed by atoms with Gasteiger partial charge in [-0.3, -0.25) is 14.9 Å². The minimum atomic E-state index is -0.738. The third-order valence-electron chi connectivity index (χ3n) is 3.01. The average molecular weight is 377 g/mol. The molecular weight excluding hydrogens is 367 g/mol. The Morgan fingerprint density at radius 2 is 1.92 bits per heavy atom. The number of nitrogens with one attached hydrogen (secondary N) is 2. The first-order chi connectivity index (χ1) is 11.9. The van der Waals surface area contributed by atoms with Gasteiger partial charge in [0.05, 0.1) is 15.6 Å². The van der Waals surface area contributed by atoms with Gasteiger partial charge in [0.1, 0.15) is 17.3 Å². The standard InChI is InChI=1S/C16H10Cl2N4O3/c17-11-5-6-12(18)14(7-11)21-16(23)10(8-19)9-20-13-3-1-2-4-15(13)22(24)25/h1-7,9,20H,(H,21,23)/b10-9-. The van der Waals surface area contributed by atoms with Gasteiger partial charge in [0.2, 0.25) is 0 Å². The lowest BCUT2D eigenvalue weighted by atomic mass is 10.2. The highest BCUT2D eigenvalue weighted by Crippen LogP contribution is 2.26. The Kier molecular flexibility index (Phi) is 5.95. The highest BCUT2D eigenvalue weighted by molar-refractivity contribution is 6.35. The zero-order valence-electron chi connectivity index (χ0n) is 12.5. The Hall–Kier alpha value is -3.08. The molecule has 0 aliphatic rings. The summed E-state index contributed by atoms with van der Waals surface area (Å²) in [6.07, 6.45) is 1.08. The molecule has 7 nitrogen and oxygen atoms in total. The van der Waals surface area contributed by atoms with Gasteiger partial charge in [0.25, 0.3) is 11.6 Å². The normalized spacial score (nSPS) is 10.7. The van der Waals surface area contributed by atoms with E-state index in [1.165, 1.54) is 30.3 Å². The number of hydrogen-bond acceptors (Lipinski definition) is 5. The Morgan fingerprint density at radius 3 is 2.60 bits per heavy atom. The molecule has 0 saturated heterocycles. The third kappa shape index (κ3) is 4.70. The lowest BCUT2D eigenvalue weighted by Gasteiger charge is -2.07.